The molecule has 1 saturated heterocycles. The lowest BCUT2D eigenvalue weighted by Crippen LogP contribution is -2.35. The highest BCUT2D eigenvalue weighted by molar-refractivity contribution is 7.91. The average Bonchev–Trinajstić information content (AvgIpc) is 2.84. The van der Waals surface area contributed by atoms with Crippen LogP contribution in [0.1, 0.15) is 12.0 Å². The van der Waals surface area contributed by atoms with Crippen molar-refractivity contribution in [1.82, 2.24) is 14.7 Å². The second-order valence-electron chi connectivity index (χ2n) is 4.80. The maximum atomic E-state index is 11.5. The smallest absolute Gasteiger partial charge is 0.151 e. The van der Waals surface area contributed by atoms with Crippen molar-refractivity contribution in [2.75, 3.05) is 18.1 Å². The van der Waals surface area contributed by atoms with Crippen LogP contribution in [0.4, 0.5) is 0 Å². The van der Waals surface area contributed by atoms with E-state index >= 15 is 0 Å². The zero-order valence-corrected chi connectivity index (χ0v) is 11.4. The summed E-state index contributed by atoms with van der Waals surface area (Å²) in [5.41, 5.74) is 1.10. The van der Waals surface area contributed by atoms with Crippen LogP contribution in [0.15, 0.2) is 25.0 Å². The molecule has 1 unspecified atom stereocenters. The quantitative estimate of drug-likeness (QED) is 0.734. The Balaban J connectivity index is 2.06. The van der Waals surface area contributed by atoms with Gasteiger partial charge in [0.1, 0.15) is 0 Å². The van der Waals surface area contributed by atoms with Crippen molar-refractivity contribution in [2.24, 2.45) is 7.05 Å². The molecular weight excluding hydrogens is 250 g/mol. The van der Waals surface area contributed by atoms with E-state index < -0.39 is 9.84 Å². The van der Waals surface area contributed by atoms with Crippen LogP contribution in [0, 0.1) is 0 Å². The standard InChI is InChI=1S/C12H19N3O2S/c1-3-5-15(9-11-7-13-14(2)8-11)12-4-6-18(16,17)10-12/h3,7-8,12H,1,4-6,9-10H2,2H3. The topological polar surface area (TPSA) is 55.2 Å². The number of rotatable bonds is 5. The molecular formula is C12H19N3O2S. The van der Waals surface area contributed by atoms with Gasteiger partial charge in [-0.2, -0.15) is 5.10 Å². The van der Waals surface area contributed by atoms with E-state index in [0.717, 1.165) is 18.5 Å². The van der Waals surface area contributed by atoms with Crippen LogP contribution in [0.2, 0.25) is 0 Å². The Labute approximate surface area is 108 Å². The summed E-state index contributed by atoms with van der Waals surface area (Å²) in [6, 6.07) is 0.105. The highest BCUT2D eigenvalue weighted by Crippen LogP contribution is 2.19. The normalized spacial score (nSPS) is 22.4. The van der Waals surface area contributed by atoms with E-state index in [1.165, 1.54) is 0 Å². The van der Waals surface area contributed by atoms with E-state index in [-0.39, 0.29) is 11.8 Å². The number of sulfone groups is 1. The molecule has 0 amide bonds. The van der Waals surface area contributed by atoms with Gasteiger partial charge in [0.25, 0.3) is 0 Å². The van der Waals surface area contributed by atoms with Gasteiger partial charge in [-0.25, -0.2) is 8.42 Å². The van der Waals surface area contributed by atoms with Crippen LogP contribution in [-0.4, -0.2) is 47.2 Å². The Morgan fingerprint density at radius 2 is 2.44 bits per heavy atom. The Hall–Kier alpha value is -1.14. The molecule has 2 heterocycles. The molecule has 1 fully saturated rings. The molecule has 0 radical (unpaired) electrons. The molecule has 0 spiro atoms. The van der Waals surface area contributed by atoms with E-state index in [0.29, 0.717) is 12.3 Å². The molecule has 1 aromatic rings. The molecule has 1 aliphatic heterocycles. The van der Waals surface area contributed by atoms with Gasteiger partial charge in [-0.05, 0) is 6.42 Å². The summed E-state index contributed by atoms with van der Waals surface area (Å²) in [5, 5.41) is 4.13. The SMILES string of the molecule is C=CCN(Cc1cnn(C)c1)C1CCS(=O)(=O)C1. The van der Waals surface area contributed by atoms with Gasteiger partial charge in [0, 0.05) is 37.9 Å². The van der Waals surface area contributed by atoms with Gasteiger partial charge in [-0.1, -0.05) is 6.08 Å². The first-order chi connectivity index (χ1) is 8.50. The minimum atomic E-state index is -2.84. The molecule has 2 rings (SSSR count). The van der Waals surface area contributed by atoms with Crippen molar-refractivity contribution in [3.05, 3.63) is 30.6 Å². The molecule has 0 saturated carbocycles. The Kier molecular flexibility index (Phi) is 3.87. The van der Waals surface area contributed by atoms with Gasteiger partial charge >= 0.3 is 0 Å². The van der Waals surface area contributed by atoms with Crippen LogP contribution in [0.5, 0.6) is 0 Å². The van der Waals surface area contributed by atoms with E-state index in [9.17, 15) is 8.42 Å². The second-order valence-corrected chi connectivity index (χ2v) is 7.03. The minimum Gasteiger partial charge on any atom is -0.291 e. The highest BCUT2D eigenvalue weighted by atomic mass is 32.2. The Morgan fingerprint density at radius 1 is 1.67 bits per heavy atom. The minimum absolute atomic E-state index is 0.105. The van der Waals surface area contributed by atoms with Crippen molar-refractivity contribution in [3.8, 4) is 0 Å². The number of aromatic nitrogens is 2. The van der Waals surface area contributed by atoms with Crippen molar-refractivity contribution < 1.29 is 8.42 Å². The molecule has 18 heavy (non-hydrogen) atoms. The van der Waals surface area contributed by atoms with Crippen LogP contribution >= 0.6 is 0 Å². The van der Waals surface area contributed by atoms with Crippen molar-refractivity contribution in [1.29, 1.82) is 0 Å². The summed E-state index contributed by atoms with van der Waals surface area (Å²) < 4.78 is 24.8. The first-order valence-electron chi connectivity index (χ1n) is 6.03. The van der Waals surface area contributed by atoms with E-state index in [2.05, 4.69) is 16.6 Å². The summed E-state index contributed by atoms with van der Waals surface area (Å²) in [6.45, 7) is 5.17. The Bertz CT molecular complexity index is 521. The molecule has 0 bridgehead atoms. The van der Waals surface area contributed by atoms with Crippen molar-refractivity contribution in [2.45, 2.75) is 19.0 Å². The molecule has 0 aliphatic carbocycles. The number of hydrogen-bond donors (Lipinski definition) is 0. The van der Waals surface area contributed by atoms with Crippen LogP contribution in [-0.2, 0) is 23.4 Å². The maximum Gasteiger partial charge on any atom is 0.151 e. The molecule has 0 aromatic carbocycles. The summed E-state index contributed by atoms with van der Waals surface area (Å²) >= 11 is 0. The third-order valence-corrected chi connectivity index (χ3v) is 4.98. The number of aryl methyl sites for hydroxylation is 1. The third-order valence-electron chi connectivity index (χ3n) is 3.23. The van der Waals surface area contributed by atoms with Gasteiger partial charge in [-0.3, -0.25) is 9.58 Å². The lowest BCUT2D eigenvalue weighted by atomic mass is 10.2. The van der Waals surface area contributed by atoms with Crippen LogP contribution in [0.25, 0.3) is 0 Å². The van der Waals surface area contributed by atoms with Gasteiger partial charge in [-0.15, -0.1) is 6.58 Å². The van der Waals surface area contributed by atoms with Gasteiger partial charge < -0.3 is 0 Å². The predicted molar refractivity (Wildman–Crippen MR) is 70.9 cm³/mol. The molecule has 100 valence electrons. The van der Waals surface area contributed by atoms with Crippen LogP contribution < -0.4 is 0 Å². The summed E-state index contributed by atoms with van der Waals surface area (Å²) in [5.74, 6) is 0.569. The van der Waals surface area contributed by atoms with E-state index in [4.69, 9.17) is 0 Å². The van der Waals surface area contributed by atoms with E-state index in [1.807, 2.05) is 25.5 Å². The fourth-order valence-electron chi connectivity index (χ4n) is 2.36. The summed E-state index contributed by atoms with van der Waals surface area (Å²) in [6.07, 6.45) is 6.32. The molecule has 6 heteroatoms. The van der Waals surface area contributed by atoms with Gasteiger partial charge in [0.05, 0.1) is 17.7 Å². The van der Waals surface area contributed by atoms with E-state index in [1.54, 1.807) is 4.68 Å². The fourth-order valence-corrected chi connectivity index (χ4v) is 4.12. The molecule has 1 aliphatic rings. The van der Waals surface area contributed by atoms with Crippen LogP contribution in [0.3, 0.4) is 0 Å². The summed E-state index contributed by atoms with van der Waals surface area (Å²) in [4.78, 5) is 2.16. The van der Waals surface area contributed by atoms with Gasteiger partial charge in [0.15, 0.2) is 9.84 Å². The first kappa shape index (κ1) is 13.3. The fraction of sp³-hybridized carbons (Fsp3) is 0.583. The third kappa shape index (κ3) is 3.20. The second kappa shape index (κ2) is 5.24. The zero-order valence-electron chi connectivity index (χ0n) is 10.6. The van der Waals surface area contributed by atoms with Crippen molar-refractivity contribution >= 4 is 9.84 Å². The number of nitrogens with zero attached hydrogens (tertiary/aromatic N) is 3. The molecule has 5 nitrogen and oxygen atoms in total. The largest absolute Gasteiger partial charge is 0.291 e. The summed E-state index contributed by atoms with van der Waals surface area (Å²) in [7, 11) is -0.966. The first-order valence-corrected chi connectivity index (χ1v) is 7.85. The average molecular weight is 269 g/mol. The van der Waals surface area contributed by atoms with Gasteiger partial charge in [0.2, 0.25) is 0 Å². The molecule has 1 aromatic heterocycles. The number of hydrogen-bond acceptors (Lipinski definition) is 4. The maximum absolute atomic E-state index is 11.5. The predicted octanol–water partition coefficient (Wildman–Crippen LogP) is 0.595. The molecule has 1 atom stereocenters. The molecule has 0 N–H and O–H groups in total. The Morgan fingerprint density at radius 3 is 2.94 bits per heavy atom. The zero-order chi connectivity index (χ0) is 13.2. The lowest BCUT2D eigenvalue weighted by Gasteiger charge is -2.26. The van der Waals surface area contributed by atoms with Crippen molar-refractivity contribution in [3.63, 3.8) is 0 Å². The monoisotopic (exact) mass is 269 g/mol. The lowest BCUT2D eigenvalue weighted by molar-refractivity contribution is 0.227. The highest BCUT2D eigenvalue weighted by Gasteiger charge is 2.31.